The molecule has 0 amide bonds. The number of nitrogens with zero attached hydrogens (tertiary/aromatic N) is 3. The summed E-state index contributed by atoms with van der Waals surface area (Å²) in [5, 5.41) is 4.33. The second-order valence-electron chi connectivity index (χ2n) is 6.18. The third kappa shape index (κ3) is 2.44. The summed E-state index contributed by atoms with van der Waals surface area (Å²) in [4.78, 5) is 4.99. The van der Waals surface area contributed by atoms with E-state index in [2.05, 4.69) is 52.2 Å². The predicted octanol–water partition coefficient (Wildman–Crippen LogP) is 2.93. The Morgan fingerprint density at radius 1 is 1.05 bits per heavy atom. The lowest BCUT2D eigenvalue weighted by Gasteiger charge is -2.30. The maximum absolute atomic E-state index is 5.59. The van der Waals surface area contributed by atoms with Crippen LogP contribution in [0.5, 0.6) is 0 Å². The molecule has 4 heterocycles. The number of benzene rings is 1. The molecular weight excluding hydrogens is 262 g/mol. The van der Waals surface area contributed by atoms with Crippen LogP contribution in [0.2, 0.25) is 0 Å². The molecule has 0 unspecified atom stereocenters. The lowest BCUT2D eigenvalue weighted by Crippen LogP contribution is -2.38. The summed E-state index contributed by atoms with van der Waals surface area (Å²) in [5.74, 6) is 1.86. The molecule has 0 spiro atoms. The monoisotopic (exact) mass is 283 g/mol. The van der Waals surface area contributed by atoms with Gasteiger partial charge < -0.3 is 14.3 Å². The zero-order chi connectivity index (χ0) is 14.2. The lowest BCUT2D eigenvalue weighted by molar-refractivity contribution is 0.250. The van der Waals surface area contributed by atoms with Gasteiger partial charge >= 0.3 is 0 Å². The molecule has 3 aliphatic rings. The van der Waals surface area contributed by atoms with Gasteiger partial charge in [-0.3, -0.25) is 0 Å². The maximum Gasteiger partial charge on any atom is 0.172 e. The fraction of sp³-hybridized carbons (Fsp3) is 0.471. The van der Waals surface area contributed by atoms with Gasteiger partial charge in [-0.05, 0) is 19.8 Å². The van der Waals surface area contributed by atoms with Crippen LogP contribution in [-0.4, -0.2) is 42.3 Å². The van der Waals surface area contributed by atoms with Crippen LogP contribution in [0.1, 0.15) is 18.4 Å². The minimum atomic E-state index is 0.625. The molecule has 3 aliphatic heterocycles. The molecule has 110 valence electrons. The minimum Gasteiger partial charge on any atom is -0.354 e. The van der Waals surface area contributed by atoms with Crippen LogP contribution < -0.4 is 4.90 Å². The van der Waals surface area contributed by atoms with Crippen molar-refractivity contribution in [1.29, 1.82) is 0 Å². The van der Waals surface area contributed by atoms with E-state index in [9.17, 15) is 0 Å². The first kappa shape index (κ1) is 12.9. The van der Waals surface area contributed by atoms with E-state index in [1.807, 2.05) is 0 Å². The summed E-state index contributed by atoms with van der Waals surface area (Å²) >= 11 is 0. The van der Waals surface area contributed by atoms with Crippen LogP contribution in [0.3, 0.4) is 0 Å². The standard InChI is InChI=1S/C17H21N3O/c1-13-2-4-14(5-3-13)16-12-17(18-21-16)20-11-10-19-8-6-15(20)7-9-19/h2-5,12,15H,6-11H2,1H3. The fourth-order valence-electron chi connectivity index (χ4n) is 3.44. The molecule has 0 saturated carbocycles. The molecule has 0 N–H and O–H groups in total. The number of aromatic nitrogens is 1. The van der Waals surface area contributed by atoms with Crippen LogP contribution in [-0.2, 0) is 0 Å². The Balaban J connectivity index is 1.60. The normalized spacial score (nSPS) is 25.1. The summed E-state index contributed by atoms with van der Waals surface area (Å²) in [6, 6.07) is 11.1. The van der Waals surface area contributed by atoms with E-state index >= 15 is 0 Å². The molecule has 1 aromatic carbocycles. The summed E-state index contributed by atoms with van der Waals surface area (Å²) in [7, 11) is 0. The summed E-state index contributed by atoms with van der Waals surface area (Å²) < 4.78 is 5.59. The van der Waals surface area contributed by atoms with Gasteiger partial charge in [-0.25, -0.2) is 0 Å². The van der Waals surface area contributed by atoms with Crippen LogP contribution in [0.15, 0.2) is 34.9 Å². The van der Waals surface area contributed by atoms with Crippen molar-refractivity contribution in [3.05, 3.63) is 35.9 Å². The molecule has 2 bridgehead atoms. The largest absolute Gasteiger partial charge is 0.354 e. The third-order valence-corrected chi connectivity index (χ3v) is 4.78. The minimum absolute atomic E-state index is 0.625. The highest BCUT2D eigenvalue weighted by molar-refractivity contribution is 5.61. The second kappa shape index (κ2) is 5.19. The molecule has 21 heavy (non-hydrogen) atoms. The Labute approximate surface area is 125 Å². The topological polar surface area (TPSA) is 32.5 Å². The van der Waals surface area contributed by atoms with Crippen molar-refractivity contribution in [2.45, 2.75) is 25.8 Å². The molecule has 3 fully saturated rings. The van der Waals surface area contributed by atoms with Crippen LogP contribution >= 0.6 is 0 Å². The maximum atomic E-state index is 5.59. The van der Waals surface area contributed by atoms with Crippen LogP contribution in [0, 0.1) is 6.92 Å². The smallest absolute Gasteiger partial charge is 0.172 e. The van der Waals surface area contributed by atoms with E-state index in [1.165, 1.54) is 31.5 Å². The van der Waals surface area contributed by atoms with Gasteiger partial charge in [-0.15, -0.1) is 0 Å². The van der Waals surface area contributed by atoms with Gasteiger partial charge in [-0.2, -0.15) is 0 Å². The zero-order valence-corrected chi connectivity index (χ0v) is 12.5. The van der Waals surface area contributed by atoms with Crippen molar-refractivity contribution >= 4 is 5.82 Å². The number of piperidine rings is 1. The van der Waals surface area contributed by atoms with Gasteiger partial charge in [0.1, 0.15) is 0 Å². The van der Waals surface area contributed by atoms with Crippen molar-refractivity contribution in [2.75, 3.05) is 31.1 Å². The highest BCUT2D eigenvalue weighted by Gasteiger charge is 2.30. The van der Waals surface area contributed by atoms with E-state index in [0.29, 0.717) is 6.04 Å². The zero-order valence-electron chi connectivity index (χ0n) is 12.5. The summed E-state index contributed by atoms with van der Waals surface area (Å²) in [5.41, 5.74) is 2.36. The number of fused-ring (bicyclic) bond motifs is 4. The second-order valence-corrected chi connectivity index (χ2v) is 6.18. The Morgan fingerprint density at radius 3 is 2.57 bits per heavy atom. The molecule has 1 aromatic heterocycles. The highest BCUT2D eigenvalue weighted by atomic mass is 16.5. The molecule has 0 atom stereocenters. The quantitative estimate of drug-likeness (QED) is 0.848. The van der Waals surface area contributed by atoms with Gasteiger partial charge in [0.15, 0.2) is 11.6 Å². The lowest BCUT2D eigenvalue weighted by atomic mass is 10.1. The Hall–Kier alpha value is -1.81. The summed E-state index contributed by atoms with van der Waals surface area (Å²) in [6.45, 7) is 6.75. The molecule has 0 radical (unpaired) electrons. The van der Waals surface area contributed by atoms with Gasteiger partial charge in [0.05, 0.1) is 0 Å². The van der Waals surface area contributed by atoms with Gasteiger partial charge in [0, 0.05) is 43.9 Å². The molecule has 2 aromatic rings. The number of aryl methyl sites for hydroxylation is 1. The molecule has 0 aliphatic carbocycles. The number of hydrogen-bond donors (Lipinski definition) is 0. The van der Waals surface area contributed by atoms with Gasteiger partial charge in [-0.1, -0.05) is 35.0 Å². The van der Waals surface area contributed by atoms with E-state index < -0.39 is 0 Å². The SMILES string of the molecule is Cc1ccc(-c2cc(N3CCN4CCC3CC4)no2)cc1. The van der Waals surface area contributed by atoms with Gasteiger partial charge in [0.25, 0.3) is 0 Å². The number of rotatable bonds is 2. The first-order valence-corrected chi connectivity index (χ1v) is 7.82. The Morgan fingerprint density at radius 2 is 1.81 bits per heavy atom. The van der Waals surface area contributed by atoms with Crippen molar-refractivity contribution in [1.82, 2.24) is 10.1 Å². The van der Waals surface area contributed by atoms with E-state index in [4.69, 9.17) is 4.52 Å². The summed E-state index contributed by atoms with van der Waals surface area (Å²) in [6.07, 6.45) is 2.49. The molecule has 4 heteroatoms. The van der Waals surface area contributed by atoms with Crippen molar-refractivity contribution < 1.29 is 4.52 Å². The van der Waals surface area contributed by atoms with Crippen molar-refractivity contribution in [2.24, 2.45) is 0 Å². The van der Waals surface area contributed by atoms with Crippen LogP contribution in [0.25, 0.3) is 11.3 Å². The molecular formula is C17H21N3O. The van der Waals surface area contributed by atoms with Gasteiger partial charge in [0.2, 0.25) is 0 Å². The van der Waals surface area contributed by atoms with Crippen molar-refractivity contribution in [3.8, 4) is 11.3 Å². The van der Waals surface area contributed by atoms with E-state index in [-0.39, 0.29) is 0 Å². The highest BCUT2D eigenvalue weighted by Crippen LogP contribution is 2.29. The molecule has 5 rings (SSSR count). The Bertz CT molecular complexity index is 611. The van der Waals surface area contributed by atoms with E-state index in [1.54, 1.807) is 0 Å². The number of hydrogen-bond acceptors (Lipinski definition) is 4. The first-order chi connectivity index (χ1) is 10.3. The molecule has 3 saturated heterocycles. The molecule has 4 nitrogen and oxygen atoms in total. The predicted molar refractivity (Wildman–Crippen MR) is 83.5 cm³/mol. The van der Waals surface area contributed by atoms with E-state index in [0.717, 1.165) is 30.2 Å². The van der Waals surface area contributed by atoms with Crippen LogP contribution in [0.4, 0.5) is 5.82 Å². The fourth-order valence-corrected chi connectivity index (χ4v) is 3.44. The average Bonchev–Trinajstić information content (AvgIpc) is 2.81. The number of anilines is 1. The third-order valence-electron chi connectivity index (χ3n) is 4.78. The average molecular weight is 283 g/mol. The first-order valence-electron chi connectivity index (χ1n) is 7.82. The Kier molecular flexibility index (Phi) is 3.19. The van der Waals surface area contributed by atoms with Crippen molar-refractivity contribution in [3.63, 3.8) is 0 Å².